The molecule has 0 aliphatic carbocycles. The van der Waals surface area contributed by atoms with E-state index in [9.17, 15) is 5.21 Å². The average molecular weight is 281 g/mol. The molecule has 0 saturated carbocycles. The van der Waals surface area contributed by atoms with E-state index in [1.165, 1.54) is 0 Å². The van der Waals surface area contributed by atoms with Gasteiger partial charge in [0.25, 0.3) is 0 Å². The van der Waals surface area contributed by atoms with Crippen molar-refractivity contribution in [1.82, 2.24) is 0 Å². The molecule has 0 aliphatic rings. The minimum absolute atomic E-state index is 0.607. The Kier molecular flexibility index (Phi) is 3.36. The van der Waals surface area contributed by atoms with E-state index in [2.05, 4.69) is 0 Å². The molecule has 0 aliphatic heterocycles. The van der Waals surface area contributed by atoms with Gasteiger partial charge in [0.15, 0.2) is 6.20 Å². The Morgan fingerprint density at radius 1 is 0.810 bits per heavy atom. The highest BCUT2D eigenvalue weighted by molar-refractivity contribution is 5.85. The second kappa shape index (κ2) is 5.32. The van der Waals surface area contributed by atoms with Gasteiger partial charge >= 0.3 is 0 Å². The van der Waals surface area contributed by atoms with Crippen molar-refractivity contribution in [3.63, 3.8) is 0 Å². The highest BCUT2D eigenvalue weighted by Crippen LogP contribution is 2.25. The lowest BCUT2D eigenvalue weighted by Gasteiger charge is -2.08. The van der Waals surface area contributed by atoms with Gasteiger partial charge < -0.3 is 14.7 Å². The van der Waals surface area contributed by atoms with Crippen LogP contribution >= 0.6 is 0 Å². The Balaban J connectivity index is 2.11. The molecule has 0 atom stereocenters. The molecule has 1 heterocycles. The molecular weight excluding hydrogens is 266 g/mol. The highest BCUT2D eigenvalue weighted by Gasteiger charge is 2.11. The van der Waals surface area contributed by atoms with E-state index < -0.39 is 0 Å². The summed E-state index contributed by atoms with van der Waals surface area (Å²) < 4.78 is 11.2. The summed E-state index contributed by atoms with van der Waals surface area (Å²) in [6, 6.07) is 15.0. The average Bonchev–Trinajstić information content (AvgIpc) is 2.53. The Morgan fingerprint density at radius 2 is 1.48 bits per heavy atom. The number of methoxy groups -OCH3 is 2. The van der Waals surface area contributed by atoms with Gasteiger partial charge in [-0.2, -0.15) is 4.73 Å². The van der Waals surface area contributed by atoms with Crippen LogP contribution in [0.1, 0.15) is 0 Å². The number of nitrogens with zero attached hydrogens (tertiary/aromatic N) is 1. The van der Waals surface area contributed by atoms with Crippen LogP contribution in [0.4, 0.5) is 0 Å². The molecule has 4 nitrogen and oxygen atoms in total. The predicted molar refractivity (Wildman–Crippen MR) is 81.4 cm³/mol. The van der Waals surface area contributed by atoms with Crippen LogP contribution in [-0.2, 0) is 0 Å². The van der Waals surface area contributed by atoms with E-state index in [-0.39, 0.29) is 0 Å². The number of benzene rings is 2. The molecule has 0 spiro atoms. The van der Waals surface area contributed by atoms with Crippen LogP contribution in [0, 0.1) is 5.21 Å². The Morgan fingerprint density at radius 3 is 2.14 bits per heavy atom. The third-order valence-corrected chi connectivity index (χ3v) is 3.47. The van der Waals surface area contributed by atoms with Gasteiger partial charge in [-0.3, -0.25) is 0 Å². The fourth-order valence-corrected chi connectivity index (χ4v) is 2.30. The van der Waals surface area contributed by atoms with Crippen LogP contribution in [-0.4, -0.2) is 14.2 Å². The van der Waals surface area contributed by atoms with Crippen LogP contribution in [0.5, 0.6) is 11.5 Å². The van der Waals surface area contributed by atoms with Crippen LogP contribution < -0.4 is 14.2 Å². The molecule has 3 rings (SSSR count). The second-order valence-electron chi connectivity index (χ2n) is 4.71. The van der Waals surface area contributed by atoms with Gasteiger partial charge in [-0.05, 0) is 41.8 Å². The molecule has 21 heavy (non-hydrogen) atoms. The molecule has 0 radical (unpaired) electrons. The molecule has 4 heteroatoms. The fraction of sp³-hybridized carbons (Fsp3) is 0.118. The molecule has 3 aromatic rings. The maximum absolute atomic E-state index is 12.2. The topological polar surface area (TPSA) is 45.4 Å². The van der Waals surface area contributed by atoms with Crippen LogP contribution in [0.3, 0.4) is 0 Å². The van der Waals surface area contributed by atoms with Crippen molar-refractivity contribution in [2.75, 3.05) is 14.2 Å². The van der Waals surface area contributed by atoms with Gasteiger partial charge in [0.05, 0.1) is 19.6 Å². The lowest BCUT2D eigenvalue weighted by atomic mass is 10.1. The molecule has 0 amide bonds. The van der Waals surface area contributed by atoms with E-state index >= 15 is 0 Å². The quantitative estimate of drug-likeness (QED) is 0.547. The number of pyridine rings is 1. The lowest BCUT2D eigenvalue weighted by molar-refractivity contribution is -0.592. The zero-order chi connectivity index (χ0) is 14.8. The van der Waals surface area contributed by atoms with E-state index in [0.717, 1.165) is 32.6 Å². The van der Waals surface area contributed by atoms with Crippen molar-refractivity contribution in [3.8, 4) is 22.8 Å². The predicted octanol–water partition coefficient (Wildman–Crippen LogP) is 3.16. The minimum atomic E-state index is 0.607. The first-order chi connectivity index (χ1) is 10.2. The van der Waals surface area contributed by atoms with Crippen molar-refractivity contribution in [3.05, 3.63) is 59.9 Å². The van der Waals surface area contributed by atoms with Crippen molar-refractivity contribution in [2.45, 2.75) is 0 Å². The molecule has 0 N–H and O–H groups in total. The molecule has 0 bridgehead atoms. The zero-order valence-corrected chi connectivity index (χ0v) is 11.9. The summed E-state index contributed by atoms with van der Waals surface area (Å²) in [5, 5.41) is 14.1. The summed E-state index contributed by atoms with van der Waals surface area (Å²) in [6.45, 7) is 0. The van der Waals surface area contributed by atoms with E-state index in [1.54, 1.807) is 20.4 Å². The number of aromatic nitrogens is 1. The molecular formula is C17H15NO3. The number of rotatable bonds is 3. The highest BCUT2D eigenvalue weighted by atomic mass is 16.5. The van der Waals surface area contributed by atoms with E-state index in [4.69, 9.17) is 9.47 Å². The van der Waals surface area contributed by atoms with Crippen LogP contribution in [0.15, 0.2) is 54.7 Å². The van der Waals surface area contributed by atoms with Crippen LogP contribution in [0.25, 0.3) is 22.0 Å². The fourth-order valence-electron chi connectivity index (χ4n) is 2.30. The number of ether oxygens (including phenoxy) is 2. The molecule has 0 unspecified atom stereocenters. The lowest BCUT2D eigenvalue weighted by Crippen LogP contribution is -2.28. The smallest absolute Gasteiger partial charge is 0.224 e. The van der Waals surface area contributed by atoms with Gasteiger partial charge in [0, 0.05) is 11.6 Å². The summed E-state index contributed by atoms with van der Waals surface area (Å²) in [5.41, 5.74) is 1.46. The first-order valence-electron chi connectivity index (χ1n) is 6.56. The largest absolute Gasteiger partial charge is 0.618 e. The Labute approximate surface area is 122 Å². The first kappa shape index (κ1) is 13.2. The zero-order valence-electron chi connectivity index (χ0n) is 11.9. The third-order valence-electron chi connectivity index (χ3n) is 3.47. The Bertz CT molecular complexity index is 782. The molecule has 0 fully saturated rings. The van der Waals surface area contributed by atoms with Gasteiger partial charge in [0.2, 0.25) is 5.69 Å². The van der Waals surface area contributed by atoms with Gasteiger partial charge in [-0.25, -0.2) is 0 Å². The van der Waals surface area contributed by atoms with Gasteiger partial charge in [-0.1, -0.05) is 6.07 Å². The standard InChI is InChI=1S/C17H15NO3/c1-20-15-6-3-12(4-7-15)17-10-13-5-8-16(21-2)9-14(13)11-18(17)19/h3-11H,1-2H3. The van der Waals surface area contributed by atoms with E-state index in [1.807, 2.05) is 48.5 Å². The SMILES string of the molecule is COc1ccc(-c2cc3ccc(OC)cc3c[n+]2[O-])cc1. The molecule has 1 aromatic heterocycles. The molecule has 2 aromatic carbocycles. The van der Waals surface area contributed by atoms with Crippen molar-refractivity contribution in [2.24, 2.45) is 0 Å². The second-order valence-corrected chi connectivity index (χ2v) is 4.71. The van der Waals surface area contributed by atoms with Crippen molar-refractivity contribution < 1.29 is 14.2 Å². The van der Waals surface area contributed by atoms with Crippen molar-refractivity contribution >= 4 is 10.8 Å². The third kappa shape index (κ3) is 2.48. The molecule has 106 valence electrons. The van der Waals surface area contributed by atoms with E-state index in [0.29, 0.717) is 5.69 Å². The Hall–Kier alpha value is -2.75. The first-order valence-corrected chi connectivity index (χ1v) is 6.56. The normalized spacial score (nSPS) is 10.6. The van der Waals surface area contributed by atoms with Crippen LogP contribution in [0.2, 0.25) is 0 Å². The summed E-state index contributed by atoms with van der Waals surface area (Å²) in [7, 11) is 3.23. The summed E-state index contributed by atoms with van der Waals surface area (Å²) in [6.07, 6.45) is 1.57. The number of hydrogen-bond acceptors (Lipinski definition) is 3. The molecule has 0 saturated heterocycles. The summed E-state index contributed by atoms with van der Waals surface area (Å²) >= 11 is 0. The van der Waals surface area contributed by atoms with Gasteiger partial charge in [-0.15, -0.1) is 0 Å². The van der Waals surface area contributed by atoms with Crippen molar-refractivity contribution in [1.29, 1.82) is 0 Å². The number of fused-ring (bicyclic) bond motifs is 1. The summed E-state index contributed by atoms with van der Waals surface area (Å²) in [4.78, 5) is 0. The minimum Gasteiger partial charge on any atom is -0.618 e. The maximum atomic E-state index is 12.2. The monoisotopic (exact) mass is 281 g/mol. The number of hydrogen-bond donors (Lipinski definition) is 0. The van der Waals surface area contributed by atoms with Gasteiger partial charge in [0.1, 0.15) is 11.5 Å². The maximum Gasteiger partial charge on any atom is 0.224 e. The summed E-state index contributed by atoms with van der Waals surface area (Å²) in [5.74, 6) is 1.50.